The number of carbonyl (C=O) groups is 1. The molecule has 2 unspecified atom stereocenters. The zero-order chi connectivity index (χ0) is 19.8. The van der Waals surface area contributed by atoms with E-state index in [1.54, 1.807) is 24.3 Å². The van der Waals surface area contributed by atoms with E-state index in [1.165, 1.54) is 6.07 Å². The lowest BCUT2D eigenvalue weighted by Crippen LogP contribution is -2.30. The molecule has 27 heavy (non-hydrogen) atoms. The van der Waals surface area contributed by atoms with Crippen molar-refractivity contribution in [3.8, 4) is 6.07 Å². The van der Waals surface area contributed by atoms with Crippen molar-refractivity contribution in [3.05, 3.63) is 70.8 Å². The van der Waals surface area contributed by atoms with Crippen molar-refractivity contribution in [3.63, 3.8) is 0 Å². The maximum absolute atomic E-state index is 13.9. The first-order valence-corrected chi connectivity index (χ1v) is 8.12. The smallest absolute Gasteiger partial charge is 0.407 e. The highest BCUT2D eigenvalue weighted by molar-refractivity contribution is 5.67. The Labute approximate surface area is 154 Å². The van der Waals surface area contributed by atoms with Crippen LogP contribution in [-0.2, 0) is 11.3 Å². The van der Waals surface area contributed by atoms with Gasteiger partial charge >= 0.3 is 6.09 Å². The molecule has 0 heterocycles. The number of nitrogens with one attached hydrogen (secondary N) is 1. The molecule has 142 valence electrons. The number of benzene rings is 2. The van der Waals surface area contributed by atoms with Gasteiger partial charge in [0.25, 0.3) is 0 Å². The summed E-state index contributed by atoms with van der Waals surface area (Å²) in [7, 11) is 0. The fourth-order valence-electron chi connectivity index (χ4n) is 2.34. The summed E-state index contributed by atoms with van der Waals surface area (Å²) in [6.45, 7) is 0.0276. The van der Waals surface area contributed by atoms with Crippen LogP contribution in [0.3, 0.4) is 0 Å². The number of hydrogen-bond acceptors (Lipinski definition) is 5. The highest BCUT2D eigenvalue weighted by Crippen LogP contribution is 2.24. The van der Waals surface area contributed by atoms with Crippen LogP contribution in [0.4, 0.5) is 13.6 Å². The third kappa shape index (κ3) is 5.74. The van der Waals surface area contributed by atoms with E-state index in [4.69, 9.17) is 10.00 Å². The summed E-state index contributed by atoms with van der Waals surface area (Å²) < 4.78 is 32.4. The van der Waals surface area contributed by atoms with Crippen molar-refractivity contribution in [1.82, 2.24) is 5.32 Å². The Hall–Kier alpha value is -3.02. The molecule has 2 aromatic carbocycles. The monoisotopic (exact) mass is 376 g/mol. The second kappa shape index (κ2) is 9.62. The fourth-order valence-corrected chi connectivity index (χ4v) is 2.34. The number of nitriles is 1. The van der Waals surface area contributed by atoms with Gasteiger partial charge in [-0.25, -0.2) is 13.6 Å². The van der Waals surface area contributed by atoms with Gasteiger partial charge in [0.2, 0.25) is 0 Å². The second-order valence-electron chi connectivity index (χ2n) is 5.75. The topological polar surface area (TPSA) is 103 Å². The number of hydrogen-bond donors (Lipinski definition) is 3. The summed E-state index contributed by atoms with van der Waals surface area (Å²) >= 11 is 0. The Morgan fingerprint density at radius 2 is 1.89 bits per heavy atom. The van der Waals surface area contributed by atoms with Gasteiger partial charge in [0.05, 0.1) is 11.7 Å². The maximum atomic E-state index is 13.9. The molecule has 0 aliphatic rings. The number of nitrogens with zero attached hydrogens (tertiary/aromatic N) is 1. The van der Waals surface area contributed by atoms with E-state index in [2.05, 4.69) is 5.32 Å². The van der Waals surface area contributed by atoms with Crippen LogP contribution in [0.1, 0.15) is 29.2 Å². The molecule has 8 heteroatoms. The number of aliphatic hydroxyl groups excluding tert-OH is 2. The van der Waals surface area contributed by atoms with E-state index in [0.29, 0.717) is 12.1 Å². The van der Waals surface area contributed by atoms with Crippen LogP contribution >= 0.6 is 0 Å². The van der Waals surface area contributed by atoms with E-state index in [0.717, 1.165) is 5.56 Å². The molecule has 0 saturated carbocycles. The van der Waals surface area contributed by atoms with E-state index in [-0.39, 0.29) is 19.6 Å². The number of ether oxygens (including phenoxy) is 1. The van der Waals surface area contributed by atoms with Crippen LogP contribution < -0.4 is 5.32 Å². The first-order chi connectivity index (χ1) is 12.9. The van der Waals surface area contributed by atoms with Crippen molar-refractivity contribution in [2.24, 2.45) is 0 Å². The Bertz CT molecular complexity index is 824. The lowest BCUT2D eigenvalue weighted by atomic mass is 10.00. The first kappa shape index (κ1) is 20.3. The van der Waals surface area contributed by atoms with Gasteiger partial charge in [-0.2, -0.15) is 5.26 Å². The molecule has 0 spiro atoms. The number of rotatable bonds is 7. The van der Waals surface area contributed by atoms with Crippen LogP contribution in [0.25, 0.3) is 0 Å². The number of carbonyl (C=O) groups excluding carboxylic acids is 1. The van der Waals surface area contributed by atoms with Gasteiger partial charge in [-0.05, 0) is 24.1 Å². The van der Waals surface area contributed by atoms with Crippen LogP contribution in [-0.4, -0.2) is 29.0 Å². The van der Waals surface area contributed by atoms with Gasteiger partial charge < -0.3 is 20.3 Å². The minimum atomic E-state index is -1.71. The molecule has 0 aromatic heterocycles. The van der Waals surface area contributed by atoms with Crippen molar-refractivity contribution < 1.29 is 28.5 Å². The minimum Gasteiger partial charge on any atom is -0.445 e. The number of aliphatic hydroxyl groups is 2. The standard InChI is InChI=1S/C19H18F2N2O4/c20-15-9-14(16(21)8-13(15)10-22)18(25)17(24)6-7-23-19(26)27-11-12-4-2-1-3-5-12/h1-5,8-9,17-18,24-25H,6-7,11H2,(H,23,26). The zero-order valence-electron chi connectivity index (χ0n) is 14.2. The molecule has 0 aliphatic heterocycles. The van der Waals surface area contributed by atoms with Gasteiger partial charge in [0, 0.05) is 12.1 Å². The Morgan fingerprint density at radius 1 is 1.19 bits per heavy atom. The van der Waals surface area contributed by atoms with Crippen LogP contribution in [0.5, 0.6) is 0 Å². The van der Waals surface area contributed by atoms with Gasteiger partial charge in [-0.15, -0.1) is 0 Å². The number of halogens is 2. The van der Waals surface area contributed by atoms with Crippen LogP contribution in [0.2, 0.25) is 0 Å². The quantitative estimate of drug-likeness (QED) is 0.689. The van der Waals surface area contributed by atoms with Crippen molar-refractivity contribution in [1.29, 1.82) is 5.26 Å². The third-order valence-electron chi connectivity index (χ3n) is 3.81. The largest absolute Gasteiger partial charge is 0.445 e. The molecule has 2 rings (SSSR count). The Kier molecular flexibility index (Phi) is 7.23. The summed E-state index contributed by atoms with van der Waals surface area (Å²) in [5.74, 6) is -2.00. The maximum Gasteiger partial charge on any atom is 0.407 e. The lowest BCUT2D eigenvalue weighted by Gasteiger charge is -2.19. The van der Waals surface area contributed by atoms with Gasteiger partial charge in [0.1, 0.15) is 30.4 Å². The average Bonchev–Trinajstić information content (AvgIpc) is 2.68. The molecule has 3 N–H and O–H groups in total. The number of amides is 1. The van der Waals surface area contributed by atoms with E-state index >= 15 is 0 Å². The summed E-state index contributed by atoms with van der Waals surface area (Å²) in [4.78, 5) is 11.6. The number of alkyl carbamates (subject to hydrolysis) is 1. The minimum absolute atomic E-state index is 0.0494. The fraction of sp³-hybridized carbons (Fsp3) is 0.263. The van der Waals surface area contributed by atoms with E-state index in [9.17, 15) is 23.8 Å². The SMILES string of the molecule is N#Cc1cc(F)c(C(O)C(O)CCNC(=O)OCc2ccccc2)cc1F. The molecular weight excluding hydrogens is 358 g/mol. The van der Waals surface area contributed by atoms with Gasteiger partial charge in [-0.3, -0.25) is 0 Å². The summed E-state index contributed by atoms with van der Waals surface area (Å²) in [6.07, 6.45) is -4.00. The first-order valence-electron chi connectivity index (χ1n) is 8.12. The predicted octanol–water partition coefficient (Wildman–Crippen LogP) is 2.55. The molecule has 0 bridgehead atoms. The zero-order valence-corrected chi connectivity index (χ0v) is 14.2. The molecule has 1 amide bonds. The van der Waals surface area contributed by atoms with Gasteiger partial charge in [0.15, 0.2) is 0 Å². The summed E-state index contributed by atoms with van der Waals surface area (Å²) in [5, 5.41) is 31.0. The predicted molar refractivity (Wildman–Crippen MR) is 91.3 cm³/mol. The second-order valence-corrected chi connectivity index (χ2v) is 5.75. The highest BCUT2D eigenvalue weighted by atomic mass is 19.1. The summed E-state index contributed by atoms with van der Waals surface area (Å²) in [6, 6.07) is 11.8. The third-order valence-corrected chi connectivity index (χ3v) is 3.81. The lowest BCUT2D eigenvalue weighted by molar-refractivity contribution is 0.0114. The average molecular weight is 376 g/mol. The molecule has 0 fully saturated rings. The van der Waals surface area contributed by atoms with Crippen molar-refractivity contribution >= 4 is 6.09 Å². The van der Waals surface area contributed by atoms with E-state index in [1.807, 2.05) is 6.07 Å². The molecule has 2 aromatic rings. The van der Waals surface area contributed by atoms with Crippen LogP contribution in [0.15, 0.2) is 42.5 Å². The van der Waals surface area contributed by atoms with Crippen molar-refractivity contribution in [2.45, 2.75) is 25.2 Å². The molecular formula is C19H18F2N2O4. The molecule has 0 radical (unpaired) electrons. The highest BCUT2D eigenvalue weighted by Gasteiger charge is 2.23. The molecule has 2 atom stereocenters. The summed E-state index contributed by atoms with van der Waals surface area (Å²) in [5.41, 5.74) is -0.159. The Morgan fingerprint density at radius 3 is 2.56 bits per heavy atom. The Balaban J connectivity index is 1.81. The molecule has 0 saturated heterocycles. The normalized spacial score (nSPS) is 12.7. The van der Waals surface area contributed by atoms with Gasteiger partial charge in [-0.1, -0.05) is 30.3 Å². The van der Waals surface area contributed by atoms with E-state index < -0.39 is 41.1 Å². The van der Waals surface area contributed by atoms with Crippen LogP contribution in [0, 0.1) is 23.0 Å². The van der Waals surface area contributed by atoms with Crippen molar-refractivity contribution in [2.75, 3.05) is 6.54 Å². The molecule has 6 nitrogen and oxygen atoms in total. The molecule has 0 aliphatic carbocycles.